The number of fused-ring (bicyclic) bond motifs is 1. The third-order valence-electron chi connectivity index (χ3n) is 3.34. The van der Waals surface area contributed by atoms with Gasteiger partial charge in [0.15, 0.2) is 11.6 Å². The molecule has 0 bridgehead atoms. The number of hydrogen-bond donors (Lipinski definition) is 2. The van der Waals surface area contributed by atoms with Gasteiger partial charge in [-0.2, -0.15) is 0 Å². The number of hydrogen-bond acceptors (Lipinski definition) is 5. The quantitative estimate of drug-likeness (QED) is 0.527. The molecule has 0 aliphatic rings. The Morgan fingerprint density at radius 2 is 2.05 bits per heavy atom. The molecule has 0 radical (unpaired) electrons. The zero-order chi connectivity index (χ0) is 15.1. The van der Waals surface area contributed by atoms with Crippen LogP contribution in [0.1, 0.15) is 10.4 Å². The van der Waals surface area contributed by atoms with E-state index < -0.39 is 0 Å². The Balaban J connectivity index is 2.26. The number of thiophene rings is 1. The SMILES string of the molecule is Cc1sc2nc(-c3ccc(F)c(Br)c3)nc(NN)c2c1C. The lowest BCUT2D eigenvalue weighted by Gasteiger charge is -2.07. The summed E-state index contributed by atoms with van der Waals surface area (Å²) in [6.45, 7) is 4.06. The molecule has 0 amide bonds. The van der Waals surface area contributed by atoms with E-state index in [1.54, 1.807) is 23.5 Å². The lowest BCUT2D eigenvalue weighted by molar-refractivity contribution is 0.621. The van der Waals surface area contributed by atoms with Crippen molar-refractivity contribution >= 4 is 43.3 Å². The van der Waals surface area contributed by atoms with Crippen LogP contribution in [0.2, 0.25) is 0 Å². The first-order valence-corrected chi connectivity index (χ1v) is 7.82. The minimum absolute atomic E-state index is 0.320. The molecule has 0 saturated carbocycles. The molecule has 2 aromatic heterocycles. The molecule has 0 unspecified atom stereocenters. The lowest BCUT2D eigenvalue weighted by Crippen LogP contribution is -2.10. The number of nitrogens with two attached hydrogens (primary N) is 1. The molecule has 4 nitrogen and oxygen atoms in total. The number of aryl methyl sites for hydroxylation is 2. The van der Waals surface area contributed by atoms with Gasteiger partial charge < -0.3 is 5.43 Å². The first-order chi connectivity index (χ1) is 10.0. The second-order valence-electron chi connectivity index (χ2n) is 4.63. The first-order valence-electron chi connectivity index (χ1n) is 6.21. The largest absolute Gasteiger partial charge is 0.308 e. The maximum Gasteiger partial charge on any atom is 0.163 e. The first kappa shape index (κ1) is 14.4. The highest BCUT2D eigenvalue weighted by Crippen LogP contribution is 2.35. The summed E-state index contributed by atoms with van der Waals surface area (Å²) in [6, 6.07) is 4.69. The van der Waals surface area contributed by atoms with Crippen LogP contribution in [-0.4, -0.2) is 9.97 Å². The average molecular weight is 367 g/mol. The second kappa shape index (κ2) is 5.32. The minimum Gasteiger partial charge on any atom is -0.308 e. The van der Waals surface area contributed by atoms with E-state index in [9.17, 15) is 4.39 Å². The zero-order valence-electron chi connectivity index (χ0n) is 11.4. The molecule has 0 aliphatic heterocycles. The van der Waals surface area contributed by atoms with Crippen LogP contribution in [0.4, 0.5) is 10.2 Å². The number of nitrogens with zero attached hydrogens (tertiary/aromatic N) is 2. The summed E-state index contributed by atoms with van der Waals surface area (Å²) in [5.41, 5.74) is 4.48. The molecule has 0 fully saturated rings. The number of halogens is 2. The van der Waals surface area contributed by atoms with Crippen LogP contribution in [0.5, 0.6) is 0 Å². The van der Waals surface area contributed by atoms with Crippen LogP contribution in [0.25, 0.3) is 21.6 Å². The maximum atomic E-state index is 13.4. The van der Waals surface area contributed by atoms with Crippen molar-refractivity contribution in [2.24, 2.45) is 5.84 Å². The van der Waals surface area contributed by atoms with Crippen molar-refractivity contribution in [1.29, 1.82) is 0 Å². The van der Waals surface area contributed by atoms with Crippen molar-refractivity contribution in [1.82, 2.24) is 9.97 Å². The molecule has 0 spiro atoms. The van der Waals surface area contributed by atoms with Crippen molar-refractivity contribution < 1.29 is 4.39 Å². The summed E-state index contributed by atoms with van der Waals surface area (Å²) < 4.78 is 13.7. The van der Waals surface area contributed by atoms with E-state index in [2.05, 4.69) is 31.3 Å². The maximum absolute atomic E-state index is 13.4. The Morgan fingerprint density at radius 1 is 1.29 bits per heavy atom. The molecule has 0 atom stereocenters. The topological polar surface area (TPSA) is 63.8 Å². The van der Waals surface area contributed by atoms with Gasteiger partial charge in [0.2, 0.25) is 0 Å². The highest BCUT2D eigenvalue weighted by Gasteiger charge is 2.15. The predicted octanol–water partition coefficient (Wildman–Crippen LogP) is 4.16. The fourth-order valence-corrected chi connectivity index (χ4v) is 3.53. The van der Waals surface area contributed by atoms with Gasteiger partial charge in [-0.25, -0.2) is 20.2 Å². The molecule has 3 rings (SSSR count). The molecule has 2 heterocycles. The van der Waals surface area contributed by atoms with E-state index in [1.165, 1.54) is 10.9 Å². The highest BCUT2D eigenvalue weighted by atomic mass is 79.9. The normalized spacial score (nSPS) is 11.1. The van der Waals surface area contributed by atoms with Crippen LogP contribution in [0.3, 0.4) is 0 Å². The number of benzene rings is 1. The van der Waals surface area contributed by atoms with E-state index in [1.807, 2.05) is 13.8 Å². The number of nitrogens with one attached hydrogen (secondary N) is 1. The molecule has 0 saturated heterocycles. The Kier molecular flexibility index (Phi) is 3.64. The Morgan fingerprint density at radius 3 is 2.71 bits per heavy atom. The smallest absolute Gasteiger partial charge is 0.163 e. The summed E-state index contributed by atoms with van der Waals surface area (Å²) in [7, 11) is 0. The molecule has 0 aliphatic carbocycles. The number of nitrogen functional groups attached to an aromatic ring is 1. The van der Waals surface area contributed by atoms with Crippen molar-refractivity contribution in [2.45, 2.75) is 13.8 Å². The van der Waals surface area contributed by atoms with Gasteiger partial charge in [-0.1, -0.05) is 0 Å². The third kappa shape index (κ3) is 2.41. The summed E-state index contributed by atoms with van der Waals surface area (Å²) in [6.07, 6.45) is 0. The predicted molar refractivity (Wildman–Crippen MR) is 87.8 cm³/mol. The zero-order valence-corrected chi connectivity index (χ0v) is 13.8. The molecular formula is C14H12BrFN4S. The molecule has 108 valence electrons. The van der Waals surface area contributed by atoms with Gasteiger partial charge in [-0.05, 0) is 53.5 Å². The Hall–Kier alpha value is -1.57. The van der Waals surface area contributed by atoms with Gasteiger partial charge in [0.1, 0.15) is 10.6 Å². The number of aromatic nitrogens is 2. The Bertz CT molecular complexity index is 847. The fourth-order valence-electron chi connectivity index (χ4n) is 2.12. The molecule has 3 aromatic rings. The molecule has 3 N–H and O–H groups in total. The van der Waals surface area contributed by atoms with E-state index in [-0.39, 0.29) is 5.82 Å². The average Bonchev–Trinajstić information content (AvgIpc) is 2.76. The van der Waals surface area contributed by atoms with Crippen LogP contribution >= 0.6 is 27.3 Å². The van der Waals surface area contributed by atoms with Crippen LogP contribution in [-0.2, 0) is 0 Å². The van der Waals surface area contributed by atoms with Crippen molar-refractivity contribution in [3.05, 3.63) is 38.9 Å². The number of anilines is 1. The highest BCUT2D eigenvalue weighted by molar-refractivity contribution is 9.10. The summed E-state index contributed by atoms with van der Waals surface area (Å²) in [5.74, 6) is 6.36. The Labute approximate surface area is 133 Å². The van der Waals surface area contributed by atoms with Gasteiger partial charge in [-0.15, -0.1) is 11.3 Å². The molecule has 1 aromatic carbocycles. The monoisotopic (exact) mass is 366 g/mol. The summed E-state index contributed by atoms with van der Waals surface area (Å²) in [4.78, 5) is 11.1. The third-order valence-corrected chi connectivity index (χ3v) is 5.05. The molecule has 7 heteroatoms. The van der Waals surface area contributed by atoms with E-state index in [4.69, 9.17) is 5.84 Å². The van der Waals surface area contributed by atoms with Gasteiger partial charge in [-0.3, -0.25) is 0 Å². The van der Waals surface area contributed by atoms with E-state index in [0.29, 0.717) is 16.1 Å². The summed E-state index contributed by atoms with van der Waals surface area (Å²) >= 11 is 4.77. The standard InChI is InChI=1S/C14H12BrFN4S/c1-6-7(2)21-14-11(6)13(20-17)18-12(19-14)8-3-4-10(16)9(15)5-8/h3-5H,17H2,1-2H3,(H,18,19,20). The summed E-state index contributed by atoms with van der Waals surface area (Å²) in [5, 5.41) is 0.935. The van der Waals surface area contributed by atoms with Crippen LogP contribution < -0.4 is 11.3 Å². The van der Waals surface area contributed by atoms with Gasteiger partial charge in [0, 0.05) is 10.4 Å². The van der Waals surface area contributed by atoms with Crippen LogP contribution in [0.15, 0.2) is 22.7 Å². The van der Waals surface area contributed by atoms with Crippen molar-refractivity contribution in [2.75, 3.05) is 5.43 Å². The number of hydrazine groups is 1. The van der Waals surface area contributed by atoms with E-state index >= 15 is 0 Å². The number of rotatable bonds is 2. The van der Waals surface area contributed by atoms with Gasteiger partial charge in [0.05, 0.1) is 9.86 Å². The second-order valence-corrected chi connectivity index (χ2v) is 6.69. The van der Waals surface area contributed by atoms with E-state index in [0.717, 1.165) is 21.3 Å². The lowest BCUT2D eigenvalue weighted by atomic mass is 10.2. The molecular weight excluding hydrogens is 355 g/mol. The van der Waals surface area contributed by atoms with Crippen molar-refractivity contribution in [3.63, 3.8) is 0 Å². The fraction of sp³-hybridized carbons (Fsp3) is 0.143. The van der Waals surface area contributed by atoms with Gasteiger partial charge >= 0.3 is 0 Å². The van der Waals surface area contributed by atoms with Crippen LogP contribution in [0, 0.1) is 19.7 Å². The van der Waals surface area contributed by atoms with Gasteiger partial charge in [0.25, 0.3) is 0 Å². The molecule has 21 heavy (non-hydrogen) atoms. The van der Waals surface area contributed by atoms with Crippen molar-refractivity contribution in [3.8, 4) is 11.4 Å². The minimum atomic E-state index is -0.320.